The topological polar surface area (TPSA) is 91.0 Å². The summed E-state index contributed by atoms with van der Waals surface area (Å²) in [6.45, 7) is 8.08. The minimum atomic E-state index is -0.375. The SMILES string of the molecule is CC(=O)N(C)C[C@@H]1Oc2c(NC(=O)NC(C)C)cccc2C(=O)N(C)C[C@H]1C. The van der Waals surface area contributed by atoms with Crippen molar-refractivity contribution >= 4 is 23.5 Å². The van der Waals surface area contributed by atoms with Crippen molar-refractivity contribution in [3.05, 3.63) is 23.8 Å². The predicted octanol–water partition coefficient (Wildman–Crippen LogP) is 2.16. The maximum Gasteiger partial charge on any atom is 0.319 e. The second-order valence-electron chi connectivity index (χ2n) is 7.65. The fourth-order valence-electron chi connectivity index (χ4n) is 3.07. The summed E-state index contributed by atoms with van der Waals surface area (Å²) in [4.78, 5) is 40.0. The Morgan fingerprint density at radius 3 is 2.64 bits per heavy atom. The van der Waals surface area contributed by atoms with Gasteiger partial charge in [-0.3, -0.25) is 9.59 Å². The maximum atomic E-state index is 12.8. The Bertz CT molecular complexity index is 750. The highest BCUT2D eigenvalue weighted by Gasteiger charge is 2.31. The molecule has 1 aliphatic rings. The highest BCUT2D eigenvalue weighted by Crippen LogP contribution is 2.34. The van der Waals surface area contributed by atoms with E-state index >= 15 is 0 Å². The van der Waals surface area contributed by atoms with Gasteiger partial charge < -0.3 is 25.2 Å². The molecule has 0 spiro atoms. The van der Waals surface area contributed by atoms with Gasteiger partial charge in [0.25, 0.3) is 5.91 Å². The van der Waals surface area contributed by atoms with Crippen LogP contribution >= 0.6 is 0 Å². The van der Waals surface area contributed by atoms with Crippen LogP contribution in [0, 0.1) is 5.92 Å². The van der Waals surface area contributed by atoms with Gasteiger partial charge in [-0.1, -0.05) is 13.0 Å². The van der Waals surface area contributed by atoms with E-state index in [1.165, 1.54) is 6.92 Å². The number of para-hydroxylation sites is 1. The molecule has 1 aliphatic heterocycles. The number of nitrogens with one attached hydrogen (secondary N) is 2. The Morgan fingerprint density at radius 2 is 2.04 bits per heavy atom. The molecule has 2 N–H and O–H groups in total. The third-order valence-corrected chi connectivity index (χ3v) is 4.72. The molecule has 0 saturated heterocycles. The van der Waals surface area contributed by atoms with Crippen molar-refractivity contribution in [2.75, 3.05) is 32.5 Å². The Balaban J connectivity index is 2.42. The van der Waals surface area contributed by atoms with Crippen molar-refractivity contribution < 1.29 is 19.1 Å². The Morgan fingerprint density at radius 1 is 1.36 bits per heavy atom. The number of ether oxygens (including phenoxy) is 1. The molecular formula is C20H30N4O4. The molecule has 0 unspecified atom stereocenters. The highest BCUT2D eigenvalue weighted by atomic mass is 16.5. The van der Waals surface area contributed by atoms with Gasteiger partial charge in [-0.2, -0.15) is 0 Å². The van der Waals surface area contributed by atoms with E-state index in [4.69, 9.17) is 4.74 Å². The van der Waals surface area contributed by atoms with Crippen molar-refractivity contribution in [1.29, 1.82) is 0 Å². The molecule has 8 heteroatoms. The van der Waals surface area contributed by atoms with Crippen molar-refractivity contribution in [2.24, 2.45) is 5.92 Å². The van der Waals surface area contributed by atoms with Crippen LogP contribution in [0.25, 0.3) is 0 Å². The normalized spacial score (nSPS) is 19.2. The van der Waals surface area contributed by atoms with Crippen LogP contribution in [0.15, 0.2) is 18.2 Å². The molecule has 0 aromatic heterocycles. The molecule has 2 atom stereocenters. The third kappa shape index (κ3) is 5.15. The summed E-state index contributed by atoms with van der Waals surface area (Å²) in [6, 6.07) is 4.68. The number of hydrogen-bond acceptors (Lipinski definition) is 4. The minimum absolute atomic E-state index is 0.0125. The first kappa shape index (κ1) is 21.5. The van der Waals surface area contributed by atoms with Gasteiger partial charge in [0.2, 0.25) is 5.91 Å². The first-order chi connectivity index (χ1) is 13.1. The molecule has 1 heterocycles. The first-order valence-corrected chi connectivity index (χ1v) is 9.44. The number of hydrogen-bond donors (Lipinski definition) is 2. The average molecular weight is 390 g/mol. The van der Waals surface area contributed by atoms with E-state index in [1.807, 2.05) is 20.8 Å². The number of carbonyl (C=O) groups excluding carboxylic acids is 3. The molecule has 0 bridgehead atoms. The summed E-state index contributed by atoms with van der Waals surface area (Å²) in [5.41, 5.74) is 0.800. The van der Waals surface area contributed by atoms with Gasteiger partial charge in [-0.05, 0) is 26.0 Å². The summed E-state index contributed by atoms with van der Waals surface area (Å²) >= 11 is 0. The zero-order valence-electron chi connectivity index (χ0n) is 17.4. The van der Waals surface area contributed by atoms with Crippen LogP contribution in [0.1, 0.15) is 38.1 Å². The number of likely N-dealkylation sites (N-methyl/N-ethyl adjacent to an activating group) is 1. The number of rotatable bonds is 4. The lowest BCUT2D eigenvalue weighted by molar-refractivity contribution is -0.129. The van der Waals surface area contributed by atoms with Gasteiger partial charge in [0.1, 0.15) is 6.10 Å². The summed E-state index contributed by atoms with van der Waals surface area (Å²) in [7, 11) is 3.46. The number of anilines is 1. The lowest BCUT2D eigenvalue weighted by Crippen LogP contribution is -2.46. The van der Waals surface area contributed by atoms with Crippen molar-refractivity contribution in [2.45, 2.75) is 39.8 Å². The second kappa shape index (κ2) is 8.95. The van der Waals surface area contributed by atoms with E-state index < -0.39 is 0 Å². The zero-order valence-corrected chi connectivity index (χ0v) is 17.4. The Labute approximate surface area is 166 Å². The smallest absolute Gasteiger partial charge is 0.319 e. The van der Waals surface area contributed by atoms with Crippen LogP contribution in [0.3, 0.4) is 0 Å². The molecule has 0 aliphatic carbocycles. The third-order valence-electron chi connectivity index (χ3n) is 4.72. The lowest BCUT2D eigenvalue weighted by atomic mass is 10.0. The van der Waals surface area contributed by atoms with Gasteiger partial charge in [0.15, 0.2) is 5.75 Å². The molecule has 1 aromatic rings. The van der Waals surface area contributed by atoms with E-state index in [9.17, 15) is 14.4 Å². The van der Waals surface area contributed by atoms with E-state index in [2.05, 4.69) is 10.6 Å². The average Bonchev–Trinajstić information content (AvgIpc) is 2.59. The highest BCUT2D eigenvalue weighted by molar-refractivity contribution is 6.01. The molecule has 2 rings (SSSR count). The standard InChI is InChI=1S/C20H30N4O4/c1-12(2)21-20(27)22-16-9-7-8-15-18(16)28-17(11-23(5)14(4)25)13(3)10-24(6)19(15)26/h7-9,12-13,17H,10-11H2,1-6H3,(H2,21,22,27)/t13-,17+/m1/s1. The van der Waals surface area contributed by atoms with Crippen LogP contribution < -0.4 is 15.4 Å². The van der Waals surface area contributed by atoms with Crippen LogP contribution in [-0.4, -0.2) is 67.0 Å². The van der Waals surface area contributed by atoms with E-state index in [1.54, 1.807) is 42.1 Å². The van der Waals surface area contributed by atoms with Gasteiger partial charge >= 0.3 is 6.03 Å². The summed E-state index contributed by atoms with van der Waals surface area (Å²) < 4.78 is 6.24. The van der Waals surface area contributed by atoms with Crippen LogP contribution in [0.2, 0.25) is 0 Å². The van der Waals surface area contributed by atoms with Crippen molar-refractivity contribution in [3.8, 4) is 5.75 Å². The maximum absolute atomic E-state index is 12.8. The van der Waals surface area contributed by atoms with Crippen LogP contribution in [0.5, 0.6) is 5.75 Å². The lowest BCUT2D eigenvalue weighted by Gasteiger charge is -2.35. The van der Waals surface area contributed by atoms with Crippen molar-refractivity contribution in [1.82, 2.24) is 15.1 Å². The van der Waals surface area contributed by atoms with Gasteiger partial charge in [-0.25, -0.2) is 4.79 Å². The molecular weight excluding hydrogens is 360 g/mol. The zero-order chi connectivity index (χ0) is 21.0. The summed E-state index contributed by atoms with van der Waals surface area (Å²) in [5.74, 6) is 0.0755. The fraction of sp³-hybridized carbons (Fsp3) is 0.550. The first-order valence-electron chi connectivity index (χ1n) is 9.44. The summed E-state index contributed by atoms with van der Waals surface area (Å²) in [5, 5.41) is 5.53. The number of carbonyl (C=O) groups is 3. The van der Waals surface area contributed by atoms with Gasteiger partial charge in [0, 0.05) is 39.5 Å². The number of benzene rings is 1. The largest absolute Gasteiger partial charge is 0.485 e. The summed E-state index contributed by atoms with van der Waals surface area (Å²) in [6.07, 6.45) is -0.334. The second-order valence-corrected chi connectivity index (χ2v) is 7.65. The van der Waals surface area contributed by atoms with Crippen LogP contribution in [0.4, 0.5) is 10.5 Å². The van der Waals surface area contributed by atoms with E-state index in [0.717, 1.165) is 0 Å². The molecule has 0 fully saturated rings. The minimum Gasteiger partial charge on any atom is -0.485 e. The number of fused-ring (bicyclic) bond motifs is 1. The number of urea groups is 1. The molecule has 4 amide bonds. The predicted molar refractivity (Wildman–Crippen MR) is 108 cm³/mol. The van der Waals surface area contributed by atoms with E-state index in [-0.39, 0.29) is 35.9 Å². The van der Waals surface area contributed by atoms with Crippen molar-refractivity contribution in [3.63, 3.8) is 0 Å². The fourth-order valence-corrected chi connectivity index (χ4v) is 3.07. The molecule has 0 saturated carbocycles. The molecule has 1 aromatic carbocycles. The molecule has 0 radical (unpaired) electrons. The van der Waals surface area contributed by atoms with Crippen LogP contribution in [-0.2, 0) is 4.79 Å². The monoisotopic (exact) mass is 390 g/mol. The van der Waals surface area contributed by atoms with E-state index in [0.29, 0.717) is 30.1 Å². The van der Waals surface area contributed by atoms with Gasteiger partial charge in [-0.15, -0.1) is 0 Å². The van der Waals surface area contributed by atoms with Gasteiger partial charge in [0.05, 0.1) is 17.8 Å². The molecule has 154 valence electrons. The molecule has 28 heavy (non-hydrogen) atoms. The Hall–Kier alpha value is -2.77. The quantitative estimate of drug-likeness (QED) is 0.824. The number of nitrogens with zero attached hydrogens (tertiary/aromatic N) is 2. The molecule has 8 nitrogen and oxygen atoms in total. The number of amides is 4. The Kier molecular flexibility index (Phi) is 6.88.